The third kappa shape index (κ3) is 4.54. The molecule has 0 spiro atoms. The largest absolute Gasteiger partial charge is 0.416 e. The van der Waals surface area contributed by atoms with Gasteiger partial charge in [-0.05, 0) is 43.2 Å². The summed E-state index contributed by atoms with van der Waals surface area (Å²) in [5.74, 6) is -0.467. The van der Waals surface area contributed by atoms with E-state index in [2.05, 4.69) is 10.0 Å². The molecule has 2 aromatic rings. The van der Waals surface area contributed by atoms with Crippen LogP contribution in [0.3, 0.4) is 0 Å². The lowest BCUT2D eigenvalue weighted by molar-refractivity contribution is -0.137. The highest BCUT2D eigenvalue weighted by Crippen LogP contribution is 2.34. The van der Waals surface area contributed by atoms with Crippen LogP contribution in [0, 0.1) is 0 Å². The van der Waals surface area contributed by atoms with Crippen LogP contribution < -0.4 is 10.0 Å². The van der Waals surface area contributed by atoms with Gasteiger partial charge in [-0.1, -0.05) is 23.7 Å². The zero-order valence-corrected chi connectivity index (χ0v) is 15.3. The smallest absolute Gasteiger partial charge is 0.349 e. The molecule has 1 amide bonds. The van der Waals surface area contributed by atoms with E-state index in [4.69, 9.17) is 11.6 Å². The van der Waals surface area contributed by atoms with Gasteiger partial charge in [0, 0.05) is 6.04 Å². The Labute approximate surface area is 158 Å². The van der Waals surface area contributed by atoms with Gasteiger partial charge in [-0.3, -0.25) is 9.52 Å². The van der Waals surface area contributed by atoms with Crippen molar-refractivity contribution in [3.8, 4) is 0 Å². The molecule has 27 heavy (non-hydrogen) atoms. The minimum atomic E-state index is -4.73. The van der Waals surface area contributed by atoms with E-state index in [1.165, 1.54) is 18.2 Å². The molecule has 1 fully saturated rings. The number of halogens is 4. The van der Waals surface area contributed by atoms with Crippen LogP contribution in [0.2, 0.25) is 5.02 Å². The van der Waals surface area contributed by atoms with Crippen molar-refractivity contribution in [3.05, 3.63) is 58.6 Å². The van der Waals surface area contributed by atoms with E-state index in [1.54, 1.807) is 6.07 Å². The molecule has 10 heteroatoms. The fourth-order valence-corrected chi connectivity index (χ4v) is 3.95. The van der Waals surface area contributed by atoms with Crippen molar-refractivity contribution < 1.29 is 26.4 Å². The first kappa shape index (κ1) is 19.5. The molecule has 1 aliphatic rings. The Morgan fingerprint density at radius 3 is 2.41 bits per heavy atom. The van der Waals surface area contributed by atoms with Crippen molar-refractivity contribution >= 4 is 33.2 Å². The number of carbonyl (C=O) groups is 1. The maximum Gasteiger partial charge on any atom is 0.416 e. The highest BCUT2D eigenvalue weighted by atomic mass is 35.5. The minimum absolute atomic E-state index is 0.0517. The van der Waals surface area contributed by atoms with Crippen LogP contribution >= 0.6 is 11.6 Å². The number of hydrogen-bond donors (Lipinski definition) is 2. The fourth-order valence-electron chi connectivity index (χ4n) is 2.35. The van der Waals surface area contributed by atoms with Crippen LogP contribution in [0.1, 0.15) is 28.8 Å². The summed E-state index contributed by atoms with van der Waals surface area (Å²) in [5, 5.41) is 2.36. The highest BCUT2D eigenvalue weighted by molar-refractivity contribution is 7.92. The third-order valence-corrected chi connectivity index (χ3v) is 5.72. The summed E-state index contributed by atoms with van der Waals surface area (Å²) >= 11 is 5.81. The monoisotopic (exact) mass is 418 g/mol. The molecule has 3 rings (SSSR count). The molecule has 2 N–H and O–H groups in total. The first-order chi connectivity index (χ1) is 12.6. The maximum absolute atomic E-state index is 12.9. The van der Waals surface area contributed by atoms with Crippen molar-refractivity contribution in [2.24, 2.45) is 0 Å². The first-order valence-electron chi connectivity index (χ1n) is 7.87. The molecule has 0 saturated heterocycles. The van der Waals surface area contributed by atoms with Crippen molar-refractivity contribution in [1.82, 2.24) is 5.32 Å². The second kappa shape index (κ2) is 7.05. The number of hydrogen-bond acceptors (Lipinski definition) is 3. The average Bonchev–Trinajstić information content (AvgIpc) is 3.38. The van der Waals surface area contributed by atoms with E-state index in [9.17, 15) is 26.4 Å². The van der Waals surface area contributed by atoms with Gasteiger partial charge in [0.25, 0.3) is 15.9 Å². The van der Waals surface area contributed by atoms with Crippen LogP contribution in [0.25, 0.3) is 0 Å². The van der Waals surface area contributed by atoms with Crippen molar-refractivity contribution in [3.63, 3.8) is 0 Å². The molecule has 0 aromatic heterocycles. The molecule has 144 valence electrons. The quantitative estimate of drug-likeness (QED) is 0.769. The van der Waals surface area contributed by atoms with Crippen molar-refractivity contribution in [2.75, 3.05) is 4.72 Å². The van der Waals surface area contributed by atoms with Crippen LogP contribution in [0.4, 0.5) is 18.9 Å². The molecule has 0 heterocycles. The van der Waals surface area contributed by atoms with Gasteiger partial charge in [-0.25, -0.2) is 8.42 Å². The molecule has 1 aliphatic carbocycles. The van der Waals surface area contributed by atoms with Gasteiger partial charge in [0.1, 0.15) is 4.90 Å². The van der Waals surface area contributed by atoms with Crippen LogP contribution in [0.5, 0.6) is 0 Å². The second-order valence-corrected chi connectivity index (χ2v) is 8.10. The number of rotatable bonds is 5. The van der Waals surface area contributed by atoms with Gasteiger partial charge >= 0.3 is 6.18 Å². The Hall–Kier alpha value is -2.26. The SMILES string of the molecule is O=C(NC1CC1)c1ccccc1NS(=O)(=O)c1cc(C(F)(F)F)ccc1Cl. The summed E-state index contributed by atoms with van der Waals surface area (Å²) in [7, 11) is -4.46. The lowest BCUT2D eigenvalue weighted by atomic mass is 10.1. The number of sulfonamides is 1. The van der Waals surface area contributed by atoms with Crippen LogP contribution in [0.15, 0.2) is 47.4 Å². The topological polar surface area (TPSA) is 75.3 Å². The second-order valence-electron chi connectivity index (χ2n) is 6.04. The normalized spacial score (nSPS) is 14.7. The molecule has 0 bridgehead atoms. The molecule has 2 aromatic carbocycles. The zero-order chi connectivity index (χ0) is 19.8. The van der Waals surface area contributed by atoms with E-state index in [-0.39, 0.29) is 22.3 Å². The number of carbonyl (C=O) groups excluding carboxylic acids is 1. The van der Waals surface area contributed by atoms with Gasteiger partial charge in [-0.2, -0.15) is 13.2 Å². The van der Waals surface area contributed by atoms with Gasteiger partial charge in [0.15, 0.2) is 0 Å². The lowest BCUT2D eigenvalue weighted by Crippen LogP contribution is -2.27. The molecular weight excluding hydrogens is 405 g/mol. The number of alkyl halides is 3. The third-order valence-electron chi connectivity index (χ3n) is 3.88. The summed E-state index contributed by atoms with van der Waals surface area (Å²) in [5.41, 5.74) is -1.13. The summed E-state index contributed by atoms with van der Waals surface area (Å²) in [6, 6.07) is 7.89. The Morgan fingerprint density at radius 2 is 1.78 bits per heavy atom. The Kier molecular flexibility index (Phi) is 5.09. The zero-order valence-electron chi connectivity index (χ0n) is 13.7. The maximum atomic E-state index is 12.9. The predicted molar refractivity (Wildman–Crippen MR) is 94.2 cm³/mol. The number of amides is 1. The Balaban J connectivity index is 1.95. The van der Waals surface area contributed by atoms with Gasteiger partial charge in [0.05, 0.1) is 21.8 Å². The first-order valence-corrected chi connectivity index (χ1v) is 9.73. The molecule has 0 radical (unpaired) electrons. The number of nitrogens with one attached hydrogen (secondary N) is 2. The van der Waals surface area contributed by atoms with Gasteiger partial charge < -0.3 is 5.32 Å². The number of benzene rings is 2. The highest BCUT2D eigenvalue weighted by Gasteiger charge is 2.33. The predicted octanol–water partition coefficient (Wildman–Crippen LogP) is 4.05. The molecule has 0 atom stereocenters. The molecular formula is C17H14ClF3N2O3S. The average molecular weight is 419 g/mol. The Bertz CT molecular complexity index is 989. The van der Waals surface area contributed by atoms with Crippen molar-refractivity contribution in [1.29, 1.82) is 0 Å². The van der Waals surface area contributed by atoms with Gasteiger partial charge in [-0.15, -0.1) is 0 Å². The van der Waals surface area contributed by atoms with Crippen LogP contribution in [-0.4, -0.2) is 20.4 Å². The summed E-state index contributed by atoms with van der Waals surface area (Å²) < 4.78 is 66.1. The molecule has 5 nitrogen and oxygen atoms in total. The minimum Gasteiger partial charge on any atom is -0.349 e. The van der Waals surface area contributed by atoms with E-state index in [0.29, 0.717) is 12.1 Å². The summed E-state index contributed by atoms with van der Waals surface area (Å²) in [4.78, 5) is 11.5. The molecule has 0 unspecified atom stereocenters. The summed E-state index contributed by atoms with van der Waals surface area (Å²) in [6.45, 7) is 0. The van der Waals surface area contributed by atoms with Gasteiger partial charge in [0.2, 0.25) is 0 Å². The lowest BCUT2D eigenvalue weighted by Gasteiger charge is -2.15. The van der Waals surface area contributed by atoms with E-state index < -0.39 is 32.6 Å². The number of anilines is 1. The Morgan fingerprint density at radius 1 is 1.11 bits per heavy atom. The van der Waals surface area contributed by atoms with Crippen LogP contribution in [-0.2, 0) is 16.2 Å². The van der Waals surface area contributed by atoms with E-state index in [1.807, 2.05) is 0 Å². The summed E-state index contributed by atoms with van der Waals surface area (Å²) in [6.07, 6.45) is -3.03. The fraction of sp³-hybridized carbons (Fsp3) is 0.235. The van der Waals surface area contributed by atoms with E-state index in [0.717, 1.165) is 18.9 Å². The van der Waals surface area contributed by atoms with Crippen molar-refractivity contribution in [2.45, 2.75) is 30.0 Å². The van der Waals surface area contributed by atoms with E-state index >= 15 is 0 Å². The number of para-hydroxylation sites is 1. The molecule has 1 saturated carbocycles. The molecule has 0 aliphatic heterocycles. The standard InChI is InChI=1S/C17H14ClF3N2O3S/c18-13-8-5-10(17(19,20)21)9-15(13)27(25,26)23-14-4-2-1-3-12(14)16(24)22-11-6-7-11/h1-5,8-9,11,23H,6-7H2,(H,22,24).